The molecule has 0 unspecified atom stereocenters. The molecule has 0 radical (unpaired) electrons. The van der Waals surface area contributed by atoms with E-state index in [0.717, 1.165) is 17.7 Å². The highest BCUT2D eigenvalue weighted by Gasteiger charge is 1.98. The van der Waals surface area contributed by atoms with Crippen molar-refractivity contribution in [2.24, 2.45) is 0 Å². The quantitative estimate of drug-likeness (QED) is 0.488. The van der Waals surface area contributed by atoms with Crippen LogP contribution >= 0.6 is 0 Å². The summed E-state index contributed by atoms with van der Waals surface area (Å²) < 4.78 is 4.99. The Labute approximate surface area is 80.0 Å². The van der Waals surface area contributed by atoms with Gasteiger partial charge < -0.3 is 15.5 Å². The van der Waals surface area contributed by atoms with Crippen molar-refractivity contribution in [3.8, 4) is 0 Å². The summed E-state index contributed by atoms with van der Waals surface area (Å²) in [6.07, 6.45) is 2.13. The molecular weight excluding hydrogens is 164 g/mol. The highest BCUT2D eigenvalue weighted by Crippen LogP contribution is 2.02. The average Bonchev–Trinajstić information content (AvgIpc) is 2.16. The fourth-order valence-corrected chi connectivity index (χ4v) is 0.826. The van der Waals surface area contributed by atoms with Crippen molar-refractivity contribution in [2.75, 3.05) is 13.7 Å². The predicted molar refractivity (Wildman–Crippen MR) is 55.9 cm³/mol. The number of rotatable bonds is 6. The monoisotopic (exact) mass is 182 g/mol. The smallest absolute Gasteiger partial charge is 0.137 e. The normalized spacial score (nSPS) is 11.6. The molecule has 0 heterocycles. The van der Waals surface area contributed by atoms with Gasteiger partial charge in [-0.1, -0.05) is 13.5 Å². The fourth-order valence-electron chi connectivity index (χ4n) is 0.826. The molecule has 0 aliphatic carbocycles. The molecule has 0 aliphatic rings. The third-order valence-corrected chi connectivity index (χ3v) is 1.80. The summed E-state index contributed by atoms with van der Waals surface area (Å²) in [6, 6.07) is 0. The zero-order chi connectivity index (χ0) is 10.3. The minimum atomic E-state index is 0.608. The summed E-state index contributed by atoms with van der Waals surface area (Å²) >= 11 is 0. The van der Waals surface area contributed by atoms with Crippen molar-refractivity contribution < 1.29 is 4.74 Å². The first-order chi connectivity index (χ1) is 6.15. The molecule has 2 N–H and O–H groups in total. The van der Waals surface area contributed by atoms with E-state index in [2.05, 4.69) is 11.9 Å². The molecule has 0 saturated heterocycles. The molecule has 0 amide bonds. The van der Waals surface area contributed by atoms with Crippen LogP contribution in [-0.2, 0) is 4.74 Å². The topological polar surface area (TPSA) is 45.1 Å². The van der Waals surface area contributed by atoms with E-state index >= 15 is 0 Å². The molecule has 0 aromatic heterocycles. The Morgan fingerprint density at radius 2 is 2.23 bits per heavy atom. The summed E-state index contributed by atoms with van der Waals surface area (Å²) in [5, 5.41) is 10.2. The zero-order valence-corrected chi connectivity index (χ0v) is 8.61. The number of ether oxygens (including phenoxy) is 1. The van der Waals surface area contributed by atoms with Crippen molar-refractivity contribution in [1.29, 1.82) is 5.41 Å². The van der Waals surface area contributed by atoms with Gasteiger partial charge in [0.2, 0.25) is 0 Å². The van der Waals surface area contributed by atoms with Crippen LogP contribution in [0.25, 0.3) is 0 Å². The number of hydrogen-bond donors (Lipinski definition) is 2. The third-order valence-electron chi connectivity index (χ3n) is 1.80. The molecule has 3 heteroatoms. The molecule has 0 atom stereocenters. The van der Waals surface area contributed by atoms with Crippen LogP contribution in [0.15, 0.2) is 23.6 Å². The lowest BCUT2D eigenvalue weighted by Crippen LogP contribution is -2.15. The zero-order valence-electron chi connectivity index (χ0n) is 8.61. The largest absolute Gasteiger partial charge is 0.495 e. The van der Waals surface area contributed by atoms with Crippen molar-refractivity contribution in [2.45, 2.75) is 20.3 Å². The molecule has 0 rings (SSSR count). The van der Waals surface area contributed by atoms with Gasteiger partial charge in [-0.25, -0.2) is 0 Å². The van der Waals surface area contributed by atoms with Gasteiger partial charge in [-0.05, 0) is 18.9 Å². The number of hydrogen-bond acceptors (Lipinski definition) is 3. The Kier molecular flexibility index (Phi) is 5.68. The number of nitrogens with one attached hydrogen (secondary N) is 2. The maximum absolute atomic E-state index is 7.06. The van der Waals surface area contributed by atoms with E-state index in [-0.39, 0.29) is 0 Å². The van der Waals surface area contributed by atoms with E-state index in [4.69, 9.17) is 10.1 Å². The second-order valence-electron chi connectivity index (χ2n) is 2.80. The lowest BCUT2D eigenvalue weighted by molar-refractivity contribution is 0.311. The Balaban J connectivity index is 4.11. The summed E-state index contributed by atoms with van der Waals surface area (Å²) in [4.78, 5) is 0. The van der Waals surface area contributed by atoms with Crippen molar-refractivity contribution in [1.82, 2.24) is 5.32 Å². The van der Waals surface area contributed by atoms with Crippen LogP contribution < -0.4 is 5.32 Å². The van der Waals surface area contributed by atoms with Gasteiger partial charge in [-0.2, -0.15) is 0 Å². The van der Waals surface area contributed by atoms with E-state index in [0.29, 0.717) is 12.3 Å². The first kappa shape index (κ1) is 11.8. The lowest BCUT2D eigenvalue weighted by atomic mass is 10.2. The highest BCUT2D eigenvalue weighted by atomic mass is 16.5. The Morgan fingerprint density at radius 3 is 2.62 bits per heavy atom. The van der Waals surface area contributed by atoms with Gasteiger partial charge in [-0.15, -0.1) is 0 Å². The van der Waals surface area contributed by atoms with Crippen LogP contribution in [0.2, 0.25) is 0 Å². The van der Waals surface area contributed by atoms with Gasteiger partial charge in [-0.3, -0.25) is 0 Å². The van der Waals surface area contributed by atoms with Gasteiger partial charge in [0, 0.05) is 12.2 Å². The van der Waals surface area contributed by atoms with Gasteiger partial charge in [0.05, 0.1) is 13.3 Å². The molecule has 74 valence electrons. The minimum absolute atomic E-state index is 0.608. The third kappa shape index (κ3) is 4.35. The summed E-state index contributed by atoms with van der Waals surface area (Å²) in [6.45, 7) is 8.48. The van der Waals surface area contributed by atoms with Crippen LogP contribution in [0.1, 0.15) is 20.3 Å². The molecular formula is C10H18N2O. The number of allylic oxidation sites excluding steroid dienone is 2. The lowest BCUT2D eigenvalue weighted by Gasteiger charge is -2.09. The highest BCUT2D eigenvalue weighted by molar-refractivity contribution is 5.74. The van der Waals surface area contributed by atoms with Gasteiger partial charge in [0.1, 0.15) is 5.76 Å². The van der Waals surface area contributed by atoms with Crippen molar-refractivity contribution in [3.05, 3.63) is 23.6 Å². The maximum atomic E-state index is 7.06. The van der Waals surface area contributed by atoms with E-state index in [1.807, 2.05) is 13.8 Å². The Bertz CT molecular complexity index is 219. The van der Waals surface area contributed by atoms with E-state index in [1.54, 1.807) is 7.11 Å². The molecule has 0 aliphatic heterocycles. The summed E-state index contributed by atoms with van der Waals surface area (Å²) in [7, 11) is 1.57. The Hall–Kier alpha value is -1.25. The standard InChI is InChI=1S/C10H18N2O/c1-5-9(3)12-7-8(2)10(6-11)13-4/h6,11-12H,3,5,7H2,1-2,4H3/b10-8-,11-6?. The molecule has 0 bridgehead atoms. The second-order valence-corrected chi connectivity index (χ2v) is 2.80. The summed E-state index contributed by atoms with van der Waals surface area (Å²) in [5.74, 6) is 0.608. The van der Waals surface area contributed by atoms with Crippen LogP contribution in [0.5, 0.6) is 0 Å². The number of methoxy groups -OCH3 is 1. The predicted octanol–water partition coefficient (Wildman–Crippen LogP) is 2.07. The second kappa shape index (κ2) is 6.29. The van der Waals surface area contributed by atoms with Crippen LogP contribution in [0, 0.1) is 5.41 Å². The SMILES string of the molecule is C=C(CC)NC/C(C)=C(/C=N)OC. The molecule has 0 saturated carbocycles. The van der Waals surface area contributed by atoms with Crippen LogP contribution in [0.4, 0.5) is 0 Å². The Morgan fingerprint density at radius 1 is 1.62 bits per heavy atom. The first-order valence-corrected chi connectivity index (χ1v) is 4.31. The molecule has 0 aromatic carbocycles. The molecule has 0 aromatic rings. The van der Waals surface area contributed by atoms with E-state index < -0.39 is 0 Å². The van der Waals surface area contributed by atoms with Crippen LogP contribution in [0.3, 0.4) is 0 Å². The summed E-state index contributed by atoms with van der Waals surface area (Å²) in [5.41, 5.74) is 2.01. The molecule has 0 spiro atoms. The molecule has 3 nitrogen and oxygen atoms in total. The van der Waals surface area contributed by atoms with Crippen molar-refractivity contribution >= 4 is 6.21 Å². The first-order valence-electron chi connectivity index (χ1n) is 4.31. The average molecular weight is 182 g/mol. The van der Waals surface area contributed by atoms with Crippen molar-refractivity contribution in [3.63, 3.8) is 0 Å². The maximum Gasteiger partial charge on any atom is 0.137 e. The van der Waals surface area contributed by atoms with Gasteiger partial charge >= 0.3 is 0 Å². The molecule has 0 fully saturated rings. The van der Waals surface area contributed by atoms with Crippen LogP contribution in [-0.4, -0.2) is 19.9 Å². The molecule has 13 heavy (non-hydrogen) atoms. The van der Waals surface area contributed by atoms with E-state index in [1.165, 1.54) is 6.21 Å². The van der Waals surface area contributed by atoms with Gasteiger partial charge in [0.15, 0.2) is 0 Å². The fraction of sp³-hybridized carbons (Fsp3) is 0.500. The van der Waals surface area contributed by atoms with E-state index in [9.17, 15) is 0 Å². The van der Waals surface area contributed by atoms with Gasteiger partial charge in [0.25, 0.3) is 0 Å². The minimum Gasteiger partial charge on any atom is -0.495 e.